The zero-order chi connectivity index (χ0) is 20.5. The highest BCUT2D eigenvalue weighted by molar-refractivity contribution is 5.92. The molecule has 4 rings (SSSR count). The van der Waals surface area contributed by atoms with Crippen molar-refractivity contribution >= 4 is 18.0 Å². The van der Waals surface area contributed by atoms with Crippen molar-refractivity contribution in [3.63, 3.8) is 0 Å². The van der Waals surface area contributed by atoms with Gasteiger partial charge in [0.2, 0.25) is 5.91 Å². The van der Waals surface area contributed by atoms with Crippen LogP contribution in [-0.2, 0) is 16.6 Å². The van der Waals surface area contributed by atoms with Crippen molar-refractivity contribution in [2.24, 2.45) is 18.9 Å². The van der Waals surface area contributed by atoms with Gasteiger partial charge in [-0.1, -0.05) is 0 Å². The molecule has 3 amide bonds. The summed E-state index contributed by atoms with van der Waals surface area (Å²) in [7, 11) is 1.91. The molecule has 0 bridgehead atoms. The number of hydrogen-bond donors (Lipinski definition) is 2. The van der Waals surface area contributed by atoms with Crippen molar-refractivity contribution in [2.45, 2.75) is 51.8 Å². The number of likely N-dealkylation sites (tertiary alicyclic amines) is 1. The van der Waals surface area contributed by atoms with Gasteiger partial charge in [-0.15, -0.1) is 0 Å². The normalized spacial score (nSPS) is 28.2. The highest BCUT2D eigenvalue weighted by Crippen LogP contribution is 2.33. The first-order valence-corrected chi connectivity index (χ1v) is 10.6. The maximum absolute atomic E-state index is 12.7. The molecule has 3 aliphatic rings. The zero-order valence-electron chi connectivity index (χ0n) is 17.5. The fourth-order valence-electron chi connectivity index (χ4n) is 4.99. The van der Waals surface area contributed by atoms with Crippen molar-refractivity contribution in [1.82, 2.24) is 25.3 Å². The minimum atomic E-state index is -0.170. The summed E-state index contributed by atoms with van der Waals surface area (Å²) >= 11 is 0. The summed E-state index contributed by atoms with van der Waals surface area (Å²) in [5.41, 5.74) is 2.99. The molecule has 8 heteroatoms. The molecule has 0 unspecified atom stereocenters. The Balaban J connectivity index is 1.35. The van der Waals surface area contributed by atoms with Crippen molar-refractivity contribution in [1.29, 1.82) is 0 Å². The lowest BCUT2D eigenvalue weighted by atomic mass is 9.77. The van der Waals surface area contributed by atoms with Gasteiger partial charge >= 0.3 is 6.03 Å². The molecule has 2 N–H and O–H groups in total. The molecule has 158 valence electrons. The highest BCUT2D eigenvalue weighted by atomic mass is 16.5. The number of amides is 3. The van der Waals surface area contributed by atoms with Crippen LogP contribution in [0.1, 0.15) is 42.6 Å². The average molecular weight is 402 g/mol. The number of nitrogens with zero attached hydrogens (tertiary/aromatic N) is 3. The monoisotopic (exact) mass is 401 g/mol. The lowest BCUT2D eigenvalue weighted by Gasteiger charge is -2.46. The van der Waals surface area contributed by atoms with E-state index in [1.165, 1.54) is 0 Å². The minimum absolute atomic E-state index is 0.0410. The molecule has 0 aromatic carbocycles. The third-order valence-corrected chi connectivity index (χ3v) is 6.72. The molecule has 0 spiro atoms. The van der Waals surface area contributed by atoms with E-state index in [1.807, 2.05) is 36.6 Å². The Morgan fingerprint density at radius 1 is 1.21 bits per heavy atom. The molecular formula is C21H31N5O3. The first-order valence-electron chi connectivity index (χ1n) is 10.6. The summed E-state index contributed by atoms with van der Waals surface area (Å²) in [6, 6.07) is -0.00987. The van der Waals surface area contributed by atoms with Crippen LogP contribution in [0.15, 0.2) is 6.08 Å². The Morgan fingerprint density at radius 3 is 2.66 bits per heavy atom. The fraction of sp³-hybridized carbons (Fsp3) is 0.667. The number of rotatable bonds is 3. The summed E-state index contributed by atoms with van der Waals surface area (Å²) in [6.45, 7) is 6.11. The van der Waals surface area contributed by atoms with Crippen LogP contribution < -0.4 is 10.6 Å². The molecule has 4 heterocycles. The van der Waals surface area contributed by atoms with E-state index in [0.29, 0.717) is 18.4 Å². The van der Waals surface area contributed by atoms with Crippen molar-refractivity contribution in [2.75, 3.05) is 19.7 Å². The standard InChI is InChI=1S/C21H31N5O3/c1-13-16(14(2)25(3)24-13)6-7-18(27)26-10-8-15(9-11-26)19-17-5-4-12-29-20(17)23-21(28)22-19/h6-7,15,17,19-20H,4-5,8-12H2,1-3H3,(H2,22,23,28)/b7-6+/t17-,19-,20-/m0/s1. The number of fused-ring (bicyclic) bond motifs is 1. The molecular weight excluding hydrogens is 370 g/mol. The number of aromatic nitrogens is 2. The molecule has 3 fully saturated rings. The predicted molar refractivity (Wildman–Crippen MR) is 109 cm³/mol. The van der Waals surface area contributed by atoms with Gasteiger partial charge in [0.1, 0.15) is 6.23 Å². The Kier molecular flexibility index (Phi) is 5.63. The highest BCUT2D eigenvalue weighted by Gasteiger charge is 2.43. The topological polar surface area (TPSA) is 88.5 Å². The van der Waals surface area contributed by atoms with Crippen LogP contribution in [0, 0.1) is 25.7 Å². The average Bonchev–Trinajstić information content (AvgIpc) is 2.97. The van der Waals surface area contributed by atoms with Crippen LogP contribution in [0.2, 0.25) is 0 Å². The molecule has 0 saturated carbocycles. The SMILES string of the molecule is Cc1nn(C)c(C)c1/C=C/C(=O)N1CCC([C@@H]2NC(=O)N[C@H]3OCCC[C@H]32)CC1. The van der Waals surface area contributed by atoms with Crippen LogP contribution >= 0.6 is 0 Å². The molecule has 1 aromatic heterocycles. The van der Waals surface area contributed by atoms with Gasteiger partial charge in [-0.3, -0.25) is 9.48 Å². The Morgan fingerprint density at radius 2 is 1.97 bits per heavy atom. The molecule has 3 aliphatic heterocycles. The van der Waals surface area contributed by atoms with Crippen LogP contribution in [0.4, 0.5) is 4.79 Å². The van der Waals surface area contributed by atoms with Crippen LogP contribution in [-0.4, -0.2) is 58.6 Å². The summed E-state index contributed by atoms with van der Waals surface area (Å²) in [5, 5.41) is 10.4. The Labute approximate surface area is 171 Å². The smallest absolute Gasteiger partial charge is 0.317 e. The van der Waals surface area contributed by atoms with Crippen molar-refractivity contribution in [3.05, 3.63) is 23.0 Å². The first kappa shape index (κ1) is 19.9. The lowest BCUT2D eigenvalue weighted by Crippen LogP contribution is -2.65. The zero-order valence-corrected chi connectivity index (χ0v) is 17.5. The second kappa shape index (κ2) is 8.18. The van der Waals surface area contributed by atoms with Crippen LogP contribution in [0.3, 0.4) is 0 Å². The molecule has 3 saturated heterocycles. The number of ether oxygens (including phenoxy) is 1. The fourth-order valence-corrected chi connectivity index (χ4v) is 4.99. The van der Waals surface area contributed by atoms with Gasteiger partial charge in [0, 0.05) is 56.0 Å². The van der Waals surface area contributed by atoms with E-state index in [2.05, 4.69) is 15.7 Å². The van der Waals surface area contributed by atoms with E-state index in [0.717, 1.165) is 55.7 Å². The first-order chi connectivity index (χ1) is 13.9. The molecule has 1 aromatic rings. The minimum Gasteiger partial charge on any atom is -0.358 e. The maximum atomic E-state index is 12.7. The van der Waals surface area contributed by atoms with Crippen LogP contribution in [0.5, 0.6) is 0 Å². The third kappa shape index (κ3) is 4.03. The Hall–Kier alpha value is -2.35. The largest absolute Gasteiger partial charge is 0.358 e. The van der Waals surface area contributed by atoms with Gasteiger partial charge in [-0.05, 0) is 51.5 Å². The third-order valence-electron chi connectivity index (χ3n) is 6.72. The number of piperidine rings is 1. The van der Waals surface area contributed by atoms with E-state index in [4.69, 9.17) is 4.74 Å². The van der Waals surface area contributed by atoms with Gasteiger partial charge in [0.15, 0.2) is 0 Å². The van der Waals surface area contributed by atoms with E-state index < -0.39 is 0 Å². The van der Waals surface area contributed by atoms with E-state index >= 15 is 0 Å². The molecule has 29 heavy (non-hydrogen) atoms. The van der Waals surface area contributed by atoms with Crippen molar-refractivity contribution < 1.29 is 14.3 Å². The van der Waals surface area contributed by atoms with Gasteiger partial charge in [-0.25, -0.2) is 4.79 Å². The summed E-state index contributed by atoms with van der Waals surface area (Å²) in [4.78, 5) is 26.6. The van der Waals surface area contributed by atoms with Crippen LogP contribution in [0.25, 0.3) is 6.08 Å². The van der Waals surface area contributed by atoms with E-state index in [1.54, 1.807) is 6.08 Å². The molecule has 0 aliphatic carbocycles. The summed E-state index contributed by atoms with van der Waals surface area (Å²) in [5.74, 6) is 0.732. The summed E-state index contributed by atoms with van der Waals surface area (Å²) < 4.78 is 7.61. The second-order valence-corrected chi connectivity index (χ2v) is 8.45. The number of carbonyl (C=O) groups is 2. The predicted octanol–water partition coefficient (Wildman–Crippen LogP) is 1.72. The molecule has 8 nitrogen and oxygen atoms in total. The van der Waals surface area contributed by atoms with E-state index in [9.17, 15) is 9.59 Å². The molecule has 3 atom stereocenters. The second-order valence-electron chi connectivity index (χ2n) is 8.45. The summed E-state index contributed by atoms with van der Waals surface area (Å²) in [6.07, 6.45) is 7.27. The number of hydrogen-bond acceptors (Lipinski definition) is 4. The maximum Gasteiger partial charge on any atom is 0.317 e. The van der Waals surface area contributed by atoms with E-state index in [-0.39, 0.29) is 24.2 Å². The van der Waals surface area contributed by atoms with Gasteiger partial charge in [0.25, 0.3) is 0 Å². The number of urea groups is 1. The van der Waals surface area contributed by atoms with Gasteiger partial charge in [-0.2, -0.15) is 5.10 Å². The number of aryl methyl sites for hydroxylation is 2. The lowest BCUT2D eigenvalue weighted by molar-refractivity contribution is -0.128. The van der Waals surface area contributed by atoms with Crippen molar-refractivity contribution in [3.8, 4) is 0 Å². The number of carbonyl (C=O) groups excluding carboxylic acids is 2. The van der Waals surface area contributed by atoms with Gasteiger partial charge < -0.3 is 20.3 Å². The quantitative estimate of drug-likeness (QED) is 0.755. The van der Waals surface area contributed by atoms with Gasteiger partial charge in [0.05, 0.1) is 5.69 Å². The number of nitrogens with one attached hydrogen (secondary N) is 2. The molecule has 0 radical (unpaired) electrons. The Bertz CT molecular complexity index is 809.